The minimum absolute atomic E-state index is 0.279. The molecule has 1 N–H and O–H groups in total. The predicted molar refractivity (Wildman–Crippen MR) is 132 cm³/mol. The van der Waals surface area contributed by atoms with E-state index in [1.807, 2.05) is 76.2 Å². The second-order valence-corrected chi connectivity index (χ2v) is 8.30. The van der Waals surface area contributed by atoms with E-state index in [4.69, 9.17) is 4.74 Å². The van der Waals surface area contributed by atoms with Gasteiger partial charge in [-0.05, 0) is 62.1 Å². The van der Waals surface area contributed by atoms with Gasteiger partial charge in [-0.1, -0.05) is 55.0 Å². The number of carbonyl (C=O) groups is 2. The number of para-hydroxylation sites is 1. The first kappa shape index (κ1) is 22.3. The monoisotopic (exact) mass is 440 g/mol. The van der Waals surface area contributed by atoms with Crippen LogP contribution in [0.1, 0.15) is 35.6 Å². The third kappa shape index (κ3) is 4.40. The lowest BCUT2D eigenvalue weighted by Crippen LogP contribution is -2.32. The minimum Gasteiger partial charge on any atom is -0.494 e. The Morgan fingerprint density at radius 2 is 1.64 bits per heavy atom. The summed E-state index contributed by atoms with van der Waals surface area (Å²) in [7, 11) is 0. The summed E-state index contributed by atoms with van der Waals surface area (Å²) in [6.45, 7) is 8.53. The molecule has 0 fully saturated rings. The van der Waals surface area contributed by atoms with Crippen LogP contribution < -0.4 is 15.0 Å². The highest BCUT2D eigenvalue weighted by molar-refractivity contribution is 6.46. The van der Waals surface area contributed by atoms with E-state index in [0.29, 0.717) is 23.6 Å². The number of aryl methyl sites for hydroxylation is 3. The van der Waals surface area contributed by atoms with Crippen molar-refractivity contribution < 1.29 is 14.3 Å². The Hall–Kier alpha value is -3.86. The first-order chi connectivity index (χ1) is 15.9. The van der Waals surface area contributed by atoms with Gasteiger partial charge in [0.1, 0.15) is 11.4 Å². The average Bonchev–Trinajstić information content (AvgIpc) is 3.03. The first-order valence-electron chi connectivity index (χ1n) is 11.2. The SMILES string of the molecule is CCCOc1cccc(N2C(=O)C(Nc3ccccc3C)=C(c3ccc(C)cc3C)C2=O)c1. The van der Waals surface area contributed by atoms with Crippen LogP contribution in [0, 0.1) is 20.8 Å². The van der Waals surface area contributed by atoms with Gasteiger partial charge >= 0.3 is 0 Å². The molecule has 0 radical (unpaired) electrons. The van der Waals surface area contributed by atoms with E-state index in [1.54, 1.807) is 18.2 Å². The van der Waals surface area contributed by atoms with E-state index in [2.05, 4.69) is 5.32 Å². The molecule has 168 valence electrons. The van der Waals surface area contributed by atoms with Gasteiger partial charge in [0.2, 0.25) is 0 Å². The van der Waals surface area contributed by atoms with Crippen LogP contribution in [-0.2, 0) is 9.59 Å². The molecule has 0 bridgehead atoms. The minimum atomic E-state index is -0.383. The van der Waals surface area contributed by atoms with Crippen LogP contribution in [0.4, 0.5) is 11.4 Å². The number of nitrogens with zero attached hydrogens (tertiary/aromatic N) is 1. The summed E-state index contributed by atoms with van der Waals surface area (Å²) in [4.78, 5) is 28.6. The van der Waals surface area contributed by atoms with E-state index in [9.17, 15) is 9.59 Å². The van der Waals surface area contributed by atoms with Crippen molar-refractivity contribution in [1.82, 2.24) is 0 Å². The molecule has 1 heterocycles. The lowest BCUT2D eigenvalue weighted by molar-refractivity contribution is -0.120. The summed E-state index contributed by atoms with van der Waals surface area (Å²) in [6.07, 6.45) is 0.870. The van der Waals surface area contributed by atoms with Gasteiger partial charge in [0, 0.05) is 11.8 Å². The largest absolute Gasteiger partial charge is 0.494 e. The fourth-order valence-electron chi connectivity index (χ4n) is 4.00. The Morgan fingerprint density at radius 1 is 0.848 bits per heavy atom. The van der Waals surface area contributed by atoms with Gasteiger partial charge in [0.05, 0.1) is 17.9 Å². The summed E-state index contributed by atoms with van der Waals surface area (Å²) in [6, 6.07) is 20.7. The lowest BCUT2D eigenvalue weighted by Gasteiger charge is -2.17. The van der Waals surface area contributed by atoms with Crippen molar-refractivity contribution in [2.75, 3.05) is 16.8 Å². The second-order valence-electron chi connectivity index (χ2n) is 8.30. The van der Waals surface area contributed by atoms with E-state index in [0.717, 1.165) is 34.4 Å². The predicted octanol–water partition coefficient (Wildman–Crippen LogP) is 5.80. The molecule has 0 saturated carbocycles. The summed E-state index contributed by atoms with van der Waals surface area (Å²) in [5.41, 5.74) is 5.70. The molecule has 0 atom stereocenters. The van der Waals surface area contributed by atoms with Gasteiger partial charge in [-0.2, -0.15) is 0 Å². The zero-order valence-electron chi connectivity index (χ0n) is 19.4. The molecule has 33 heavy (non-hydrogen) atoms. The van der Waals surface area contributed by atoms with E-state index in [-0.39, 0.29) is 17.5 Å². The normalized spacial score (nSPS) is 13.6. The molecule has 5 heteroatoms. The fraction of sp³-hybridized carbons (Fsp3) is 0.214. The van der Waals surface area contributed by atoms with Crippen molar-refractivity contribution in [3.05, 3.63) is 94.7 Å². The van der Waals surface area contributed by atoms with Crippen LogP contribution in [0.25, 0.3) is 5.57 Å². The summed E-state index contributed by atoms with van der Waals surface area (Å²) >= 11 is 0. The number of hydrogen-bond acceptors (Lipinski definition) is 4. The van der Waals surface area contributed by atoms with Crippen molar-refractivity contribution in [3.8, 4) is 5.75 Å². The molecule has 4 rings (SSSR count). The Bertz CT molecular complexity index is 1260. The van der Waals surface area contributed by atoms with Crippen molar-refractivity contribution >= 4 is 28.8 Å². The topological polar surface area (TPSA) is 58.6 Å². The van der Waals surface area contributed by atoms with E-state index < -0.39 is 0 Å². The molecule has 0 aromatic heterocycles. The molecule has 3 aromatic rings. The van der Waals surface area contributed by atoms with Crippen LogP contribution in [0.5, 0.6) is 5.75 Å². The van der Waals surface area contributed by atoms with Gasteiger partial charge in [-0.15, -0.1) is 0 Å². The lowest BCUT2D eigenvalue weighted by atomic mass is 9.97. The van der Waals surface area contributed by atoms with Gasteiger partial charge in [0.15, 0.2) is 0 Å². The van der Waals surface area contributed by atoms with Crippen molar-refractivity contribution in [1.29, 1.82) is 0 Å². The highest BCUT2D eigenvalue weighted by Crippen LogP contribution is 2.36. The number of nitrogens with one attached hydrogen (secondary N) is 1. The number of ether oxygens (including phenoxy) is 1. The molecule has 5 nitrogen and oxygen atoms in total. The summed E-state index contributed by atoms with van der Waals surface area (Å²) < 4.78 is 5.73. The molecule has 0 unspecified atom stereocenters. The zero-order chi connectivity index (χ0) is 23.5. The maximum atomic E-state index is 13.7. The number of hydrogen-bond donors (Lipinski definition) is 1. The van der Waals surface area contributed by atoms with Crippen LogP contribution >= 0.6 is 0 Å². The molecule has 0 aliphatic carbocycles. The van der Waals surface area contributed by atoms with E-state index in [1.165, 1.54) is 4.90 Å². The highest BCUT2D eigenvalue weighted by atomic mass is 16.5. The van der Waals surface area contributed by atoms with E-state index >= 15 is 0 Å². The number of benzene rings is 3. The number of rotatable bonds is 7. The van der Waals surface area contributed by atoms with Gasteiger partial charge in [-0.25, -0.2) is 4.90 Å². The highest BCUT2D eigenvalue weighted by Gasteiger charge is 2.41. The second kappa shape index (κ2) is 9.33. The molecule has 3 aromatic carbocycles. The summed E-state index contributed by atoms with van der Waals surface area (Å²) in [5, 5.41) is 3.26. The Morgan fingerprint density at radius 3 is 2.36 bits per heavy atom. The van der Waals surface area contributed by atoms with Crippen LogP contribution in [0.15, 0.2) is 72.4 Å². The molecule has 2 amide bonds. The third-order valence-electron chi connectivity index (χ3n) is 5.69. The standard InChI is InChI=1S/C28H28N2O3/c1-5-15-33-22-11-8-10-21(17-22)30-27(31)25(23-14-13-18(2)16-20(23)4)26(28(30)32)29-24-12-7-6-9-19(24)3/h6-14,16-17,29H,5,15H2,1-4H3. The van der Waals surface area contributed by atoms with Gasteiger partial charge in [0.25, 0.3) is 11.8 Å². The molecular weight excluding hydrogens is 412 g/mol. The average molecular weight is 441 g/mol. The smallest absolute Gasteiger partial charge is 0.282 e. The van der Waals surface area contributed by atoms with Gasteiger partial charge in [-0.3, -0.25) is 9.59 Å². The zero-order valence-corrected chi connectivity index (χ0v) is 19.4. The van der Waals surface area contributed by atoms with Crippen molar-refractivity contribution in [2.24, 2.45) is 0 Å². The van der Waals surface area contributed by atoms with Crippen LogP contribution in [0.2, 0.25) is 0 Å². The third-order valence-corrected chi connectivity index (χ3v) is 5.69. The Kier molecular flexibility index (Phi) is 6.31. The summed E-state index contributed by atoms with van der Waals surface area (Å²) in [5.74, 6) is -0.107. The quantitative estimate of drug-likeness (QED) is 0.472. The van der Waals surface area contributed by atoms with Gasteiger partial charge < -0.3 is 10.1 Å². The number of imide groups is 1. The number of anilines is 2. The Labute approximate surface area is 194 Å². The molecule has 1 aliphatic rings. The van der Waals surface area contributed by atoms with Crippen LogP contribution in [0.3, 0.4) is 0 Å². The maximum absolute atomic E-state index is 13.7. The first-order valence-corrected chi connectivity index (χ1v) is 11.2. The maximum Gasteiger partial charge on any atom is 0.282 e. The van der Waals surface area contributed by atoms with Crippen molar-refractivity contribution in [3.63, 3.8) is 0 Å². The number of amides is 2. The molecule has 1 aliphatic heterocycles. The molecule has 0 saturated heterocycles. The molecular formula is C28H28N2O3. The van der Waals surface area contributed by atoms with Crippen LogP contribution in [-0.4, -0.2) is 18.4 Å². The Balaban J connectivity index is 1.82. The molecule has 0 spiro atoms. The number of carbonyl (C=O) groups excluding carboxylic acids is 2. The fourth-order valence-corrected chi connectivity index (χ4v) is 4.00. The van der Waals surface area contributed by atoms with Crippen molar-refractivity contribution in [2.45, 2.75) is 34.1 Å².